The smallest absolute Gasteiger partial charge is 0.138 e. The third kappa shape index (κ3) is 3.27. The molecule has 0 saturated carbocycles. The Kier molecular flexibility index (Phi) is 4.28. The zero-order chi connectivity index (χ0) is 13.0. The maximum Gasteiger partial charge on any atom is 0.138 e. The Labute approximate surface area is 112 Å². The molecule has 5 heteroatoms. The predicted octanol–water partition coefficient (Wildman–Crippen LogP) is 3.05. The largest absolute Gasteiger partial charge is 0.487 e. The van der Waals surface area contributed by atoms with Gasteiger partial charge in [-0.15, -0.1) is 0 Å². The molecule has 0 amide bonds. The van der Waals surface area contributed by atoms with Crippen molar-refractivity contribution >= 4 is 15.9 Å². The Morgan fingerprint density at radius 3 is 2.78 bits per heavy atom. The highest BCUT2D eigenvalue weighted by Crippen LogP contribution is 2.20. The van der Waals surface area contributed by atoms with E-state index in [1.54, 1.807) is 18.2 Å². The van der Waals surface area contributed by atoms with E-state index in [0.29, 0.717) is 11.4 Å². The van der Waals surface area contributed by atoms with E-state index in [1.807, 2.05) is 0 Å². The summed E-state index contributed by atoms with van der Waals surface area (Å²) in [5.41, 5.74) is 1.30. The van der Waals surface area contributed by atoms with Crippen molar-refractivity contribution in [1.82, 2.24) is 4.98 Å². The molecule has 1 aromatic heterocycles. The average molecular weight is 312 g/mol. The number of ether oxygens (including phenoxy) is 1. The van der Waals surface area contributed by atoms with E-state index in [2.05, 4.69) is 20.9 Å². The second kappa shape index (κ2) is 5.93. The molecule has 0 radical (unpaired) electrons. The number of nitrogens with zero attached hydrogens (tertiary/aromatic N) is 1. The summed E-state index contributed by atoms with van der Waals surface area (Å²) < 4.78 is 19.3. The Balaban J connectivity index is 2.04. The Morgan fingerprint density at radius 1 is 1.28 bits per heavy atom. The van der Waals surface area contributed by atoms with Gasteiger partial charge in [0.05, 0.1) is 18.5 Å². The molecule has 2 aromatic rings. The first-order chi connectivity index (χ1) is 8.69. The molecule has 0 spiro atoms. The maximum atomic E-state index is 13.1. The number of aliphatic hydroxyl groups excluding tert-OH is 1. The minimum Gasteiger partial charge on any atom is -0.487 e. The summed E-state index contributed by atoms with van der Waals surface area (Å²) in [6.07, 6.45) is 1.53. The number of benzene rings is 1. The average Bonchev–Trinajstić information content (AvgIpc) is 2.40. The molecule has 0 fully saturated rings. The van der Waals surface area contributed by atoms with Gasteiger partial charge in [0, 0.05) is 10.0 Å². The van der Waals surface area contributed by atoms with Gasteiger partial charge in [0.15, 0.2) is 0 Å². The fraction of sp³-hybridized carbons (Fsp3) is 0.154. The van der Waals surface area contributed by atoms with Gasteiger partial charge in [-0.25, -0.2) is 4.39 Å². The van der Waals surface area contributed by atoms with Gasteiger partial charge in [0.1, 0.15) is 18.2 Å². The normalized spacial score (nSPS) is 10.4. The van der Waals surface area contributed by atoms with Crippen molar-refractivity contribution in [3.8, 4) is 5.75 Å². The second-order valence-corrected chi connectivity index (χ2v) is 4.52. The van der Waals surface area contributed by atoms with Crippen LogP contribution >= 0.6 is 15.9 Å². The van der Waals surface area contributed by atoms with Gasteiger partial charge in [0.25, 0.3) is 0 Å². The summed E-state index contributed by atoms with van der Waals surface area (Å²) >= 11 is 3.33. The number of aromatic nitrogens is 1. The van der Waals surface area contributed by atoms with Crippen LogP contribution in [0.25, 0.3) is 0 Å². The molecule has 1 heterocycles. The van der Waals surface area contributed by atoms with E-state index < -0.39 is 0 Å². The Bertz CT molecular complexity index is 531. The Morgan fingerprint density at radius 2 is 2.11 bits per heavy atom. The van der Waals surface area contributed by atoms with Crippen molar-refractivity contribution in [1.29, 1.82) is 0 Å². The third-order valence-electron chi connectivity index (χ3n) is 2.36. The topological polar surface area (TPSA) is 42.4 Å². The summed E-state index contributed by atoms with van der Waals surface area (Å²) in [5, 5.41) is 8.85. The summed E-state index contributed by atoms with van der Waals surface area (Å²) in [7, 11) is 0. The number of halogens is 2. The zero-order valence-corrected chi connectivity index (χ0v) is 11.0. The SMILES string of the molecule is OCc1ccc(OCc2cc(F)ccc2Br)cn1. The fourth-order valence-corrected chi connectivity index (χ4v) is 1.77. The van der Waals surface area contributed by atoms with E-state index in [-0.39, 0.29) is 19.0 Å². The molecule has 0 bridgehead atoms. The van der Waals surface area contributed by atoms with E-state index >= 15 is 0 Å². The minimum atomic E-state index is -0.300. The standard InChI is InChI=1S/C13H11BrFNO2/c14-13-4-1-10(15)5-9(13)8-18-12-3-2-11(7-17)16-6-12/h1-6,17H,7-8H2. The first-order valence-electron chi connectivity index (χ1n) is 5.31. The van der Waals surface area contributed by atoms with Gasteiger partial charge in [-0.3, -0.25) is 4.98 Å². The summed E-state index contributed by atoms with van der Waals surface area (Å²) in [4.78, 5) is 3.99. The van der Waals surface area contributed by atoms with Crippen molar-refractivity contribution in [3.63, 3.8) is 0 Å². The molecule has 1 N–H and O–H groups in total. The first kappa shape index (κ1) is 13.0. The zero-order valence-electron chi connectivity index (χ0n) is 9.44. The van der Waals surface area contributed by atoms with E-state index in [4.69, 9.17) is 9.84 Å². The highest BCUT2D eigenvalue weighted by Gasteiger charge is 2.03. The van der Waals surface area contributed by atoms with Gasteiger partial charge in [0.2, 0.25) is 0 Å². The van der Waals surface area contributed by atoms with Crippen molar-refractivity contribution in [2.75, 3.05) is 0 Å². The number of hydrogen-bond donors (Lipinski definition) is 1. The van der Waals surface area contributed by atoms with Crippen LogP contribution in [0.4, 0.5) is 4.39 Å². The Hall–Kier alpha value is -1.46. The van der Waals surface area contributed by atoms with Crippen LogP contribution in [0.5, 0.6) is 5.75 Å². The van der Waals surface area contributed by atoms with E-state index in [0.717, 1.165) is 10.0 Å². The number of hydrogen-bond acceptors (Lipinski definition) is 3. The van der Waals surface area contributed by atoms with Gasteiger partial charge >= 0.3 is 0 Å². The molecule has 0 aliphatic carbocycles. The fourth-order valence-electron chi connectivity index (χ4n) is 1.40. The monoisotopic (exact) mass is 311 g/mol. The number of pyridine rings is 1. The maximum absolute atomic E-state index is 13.1. The summed E-state index contributed by atoms with van der Waals surface area (Å²) in [6, 6.07) is 7.83. The van der Waals surface area contributed by atoms with Crippen LogP contribution in [0, 0.1) is 5.82 Å². The predicted molar refractivity (Wildman–Crippen MR) is 68.6 cm³/mol. The summed E-state index contributed by atoms with van der Waals surface area (Å²) in [5.74, 6) is 0.272. The molecule has 0 atom stereocenters. The number of rotatable bonds is 4. The molecule has 1 aromatic carbocycles. The molecule has 0 saturated heterocycles. The van der Waals surface area contributed by atoms with Crippen LogP contribution in [0.1, 0.15) is 11.3 Å². The van der Waals surface area contributed by atoms with Gasteiger partial charge in [-0.1, -0.05) is 15.9 Å². The number of aliphatic hydroxyl groups is 1. The lowest BCUT2D eigenvalue weighted by Crippen LogP contribution is -1.98. The second-order valence-electron chi connectivity index (χ2n) is 3.67. The summed E-state index contributed by atoms with van der Waals surface area (Å²) in [6.45, 7) is 0.147. The van der Waals surface area contributed by atoms with Gasteiger partial charge in [-0.2, -0.15) is 0 Å². The van der Waals surface area contributed by atoms with Gasteiger partial charge < -0.3 is 9.84 Å². The highest BCUT2D eigenvalue weighted by atomic mass is 79.9. The van der Waals surface area contributed by atoms with Gasteiger partial charge in [-0.05, 0) is 30.3 Å². The van der Waals surface area contributed by atoms with Crippen LogP contribution in [-0.4, -0.2) is 10.1 Å². The van der Waals surface area contributed by atoms with Crippen LogP contribution in [0.15, 0.2) is 41.0 Å². The van der Waals surface area contributed by atoms with Crippen LogP contribution in [0.3, 0.4) is 0 Å². The highest BCUT2D eigenvalue weighted by molar-refractivity contribution is 9.10. The molecular weight excluding hydrogens is 301 g/mol. The molecule has 0 aliphatic rings. The third-order valence-corrected chi connectivity index (χ3v) is 3.14. The molecule has 0 unspecified atom stereocenters. The van der Waals surface area contributed by atoms with Crippen molar-refractivity contribution in [2.24, 2.45) is 0 Å². The van der Waals surface area contributed by atoms with Crippen LogP contribution in [-0.2, 0) is 13.2 Å². The lowest BCUT2D eigenvalue weighted by Gasteiger charge is -2.08. The molecular formula is C13H11BrFNO2. The lowest BCUT2D eigenvalue weighted by molar-refractivity contribution is 0.275. The van der Waals surface area contributed by atoms with E-state index in [9.17, 15) is 4.39 Å². The lowest BCUT2D eigenvalue weighted by atomic mass is 10.2. The van der Waals surface area contributed by atoms with Crippen LogP contribution in [0.2, 0.25) is 0 Å². The van der Waals surface area contributed by atoms with Crippen molar-refractivity contribution < 1.29 is 14.2 Å². The minimum absolute atomic E-state index is 0.101. The molecule has 2 rings (SSSR count). The van der Waals surface area contributed by atoms with Crippen molar-refractivity contribution in [3.05, 3.63) is 58.1 Å². The van der Waals surface area contributed by atoms with Crippen molar-refractivity contribution in [2.45, 2.75) is 13.2 Å². The molecule has 3 nitrogen and oxygen atoms in total. The molecule has 0 aliphatic heterocycles. The van der Waals surface area contributed by atoms with Crippen LogP contribution < -0.4 is 4.74 Å². The first-order valence-corrected chi connectivity index (χ1v) is 6.11. The van der Waals surface area contributed by atoms with E-state index in [1.165, 1.54) is 18.3 Å². The molecule has 94 valence electrons. The quantitative estimate of drug-likeness (QED) is 0.943. The molecule has 18 heavy (non-hydrogen) atoms.